The fourth-order valence-electron chi connectivity index (χ4n) is 4.27. The Morgan fingerprint density at radius 2 is 1.87 bits per heavy atom. The van der Waals surface area contributed by atoms with Crippen LogP contribution in [0.4, 0.5) is 0 Å². The molecule has 0 saturated heterocycles. The number of aryl methyl sites for hydroxylation is 5. The van der Waals surface area contributed by atoms with Gasteiger partial charge in [-0.2, -0.15) is 5.10 Å². The SMILES string of the molecule is CCc1nnc2c3c(nc4c2c1CCC4)CCc1ccccc1-3. The molecule has 114 valence electrons. The number of hydrogen-bond acceptors (Lipinski definition) is 3. The number of rotatable bonds is 1. The molecule has 1 aromatic carbocycles. The molecular weight excluding hydrogens is 282 g/mol. The highest BCUT2D eigenvalue weighted by Crippen LogP contribution is 2.40. The van der Waals surface area contributed by atoms with Crippen LogP contribution >= 0.6 is 0 Å². The second-order valence-corrected chi connectivity index (χ2v) is 6.59. The fraction of sp³-hybridized carbons (Fsp3) is 0.350. The van der Waals surface area contributed by atoms with Crippen molar-refractivity contribution in [2.24, 2.45) is 0 Å². The summed E-state index contributed by atoms with van der Waals surface area (Å²) in [7, 11) is 0. The molecule has 2 aromatic heterocycles. The highest BCUT2D eigenvalue weighted by Gasteiger charge is 2.26. The van der Waals surface area contributed by atoms with Crippen LogP contribution in [-0.2, 0) is 32.1 Å². The number of pyridine rings is 1. The molecule has 5 rings (SSSR count). The summed E-state index contributed by atoms with van der Waals surface area (Å²) < 4.78 is 0. The fourth-order valence-corrected chi connectivity index (χ4v) is 4.27. The summed E-state index contributed by atoms with van der Waals surface area (Å²) in [6.45, 7) is 2.17. The highest BCUT2D eigenvalue weighted by atomic mass is 15.1. The smallest absolute Gasteiger partial charge is 0.105 e. The van der Waals surface area contributed by atoms with Crippen molar-refractivity contribution in [3.05, 3.63) is 52.5 Å². The molecule has 0 atom stereocenters. The molecule has 3 aromatic rings. The van der Waals surface area contributed by atoms with Crippen molar-refractivity contribution in [3.8, 4) is 11.1 Å². The number of aromatic nitrogens is 3. The molecule has 2 aliphatic rings. The maximum absolute atomic E-state index is 5.08. The number of hydrogen-bond donors (Lipinski definition) is 0. The van der Waals surface area contributed by atoms with Crippen molar-refractivity contribution in [3.63, 3.8) is 0 Å². The molecule has 0 spiro atoms. The minimum absolute atomic E-state index is 0.950. The lowest BCUT2D eigenvalue weighted by Crippen LogP contribution is -2.15. The van der Waals surface area contributed by atoms with Gasteiger partial charge in [0.1, 0.15) is 5.52 Å². The van der Waals surface area contributed by atoms with Crippen LogP contribution in [0.2, 0.25) is 0 Å². The van der Waals surface area contributed by atoms with E-state index in [1.807, 2.05) is 0 Å². The maximum atomic E-state index is 5.08. The van der Waals surface area contributed by atoms with Gasteiger partial charge in [-0.1, -0.05) is 31.2 Å². The number of benzene rings is 1. The molecule has 3 nitrogen and oxygen atoms in total. The average molecular weight is 301 g/mol. The third kappa shape index (κ3) is 1.79. The summed E-state index contributed by atoms with van der Waals surface area (Å²) in [4.78, 5) is 5.08. The minimum atomic E-state index is 0.950. The molecule has 0 N–H and O–H groups in total. The maximum Gasteiger partial charge on any atom is 0.105 e. The van der Waals surface area contributed by atoms with Gasteiger partial charge in [0.25, 0.3) is 0 Å². The van der Waals surface area contributed by atoms with E-state index >= 15 is 0 Å². The lowest BCUT2D eigenvalue weighted by molar-refractivity contribution is 0.748. The first-order chi connectivity index (χ1) is 11.4. The van der Waals surface area contributed by atoms with Crippen molar-refractivity contribution in [1.29, 1.82) is 0 Å². The molecule has 23 heavy (non-hydrogen) atoms. The summed E-state index contributed by atoms with van der Waals surface area (Å²) >= 11 is 0. The molecule has 3 heteroatoms. The first-order valence-corrected chi connectivity index (χ1v) is 8.65. The van der Waals surface area contributed by atoms with Gasteiger partial charge in [0.15, 0.2) is 0 Å². The Hall–Kier alpha value is -2.29. The van der Waals surface area contributed by atoms with Gasteiger partial charge < -0.3 is 0 Å². The van der Waals surface area contributed by atoms with Crippen LogP contribution < -0.4 is 0 Å². The van der Waals surface area contributed by atoms with Crippen LogP contribution in [0, 0.1) is 0 Å². The van der Waals surface area contributed by atoms with E-state index in [0.29, 0.717) is 0 Å². The molecule has 0 radical (unpaired) electrons. The predicted octanol–water partition coefficient (Wildman–Crippen LogP) is 3.84. The van der Waals surface area contributed by atoms with Crippen molar-refractivity contribution in [2.45, 2.75) is 45.4 Å². The molecule has 0 fully saturated rings. The highest BCUT2D eigenvalue weighted by molar-refractivity contribution is 5.99. The zero-order chi connectivity index (χ0) is 15.4. The van der Waals surface area contributed by atoms with Crippen LogP contribution in [0.3, 0.4) is 0 Å². The van der Waals surface area contributed by atoms with Crippen molar-refractivity contribution >= 4 is 10.9 Å². The third-order valence-corrected chi connectivity index (χ3v) is 5.33. The van der Waals surface area contributed by atoms with E-state index in [-0.39, 0.29) is 0 Å². The molecule has 0 bridgehead atoms. The van der Waals surface area contributed by atoms with Gasteiger partial charge in [-0.15, -0.1) is 5.10 Å². The molecule has 0 unspecified atom stereocenters. The Labute approximate surface area is 135 Å². The first-order valence-electron chi connectivity index (χ1n) is 8.65. The largest absolute Gasteiger partial charge is 0.256 e. The average Bonchev–Trinajstić information content (AvgIpc) is 2.61. The normalized spacial score (nSPS) is 15.3. The van der Waals surface area contributed by atoms with Crippen LogP contribution in [0.15, 0.2) is 24.3 Å². The Kier molecular flexibility index (Phi) is 2.78. The van der Waals surface area contributed by atoms with E-state index in [9.17, 15) is 0 Å². The van der Waals surface area contributed by atoms with Crippen LogP contribution in [-0.4, -0.2) is 15.2 Å². The van der Waals surface area contributed by atoms with Crippen LogP contribution in [0.5, 0.6) is 0 Å². The van der Waals surface area contributed by atoms with Gasteiger partial charge >= 0.3 is 0 Å². The molecule has 0 aliphatic heterocycles. The van der Waals surface area contributed by atoms with Crippen molar-refractivity contribution in [2.75, 3.05) is 0 Å². The Morgan fingerprint density at radius 1 is 0.957 bits per heavy atom. The second kappa shape index (κ2) is 4.85. The summed E-state index contributed by atoms with van der Waals surface area (Å²) in [6, 6.07) is 8.70. The molecule has 0 amide bonds. The number of nitrogens with zero attached hydrogens (tertiary/aromatic N) is 3. The van der Waals surface area contributed by atoms with Crippen LogP contribution in [0.25, 0.3) is 22.0 Å². The summed E-state index contributed by atoms with van der Waals surface area (Å²) in [5, 5.41) is 10.6. The van der Waals surface area contributed by atoms with Gasteiger partial charge in [-0.05, 0) is 55.2 Å². The van der Waals surface area contributed by atoms with Gasteiger partial charge in [-0.25, -0.2) is 0 Å². The second-order valence-electron chi connectivity index (χ2n) is 6.59. The lowest BCUT2D eigenvalue weighted by Gasteiger charge is -2.25. The molecule has 2 aliphatic carbocycles. The van der Waals surface area contributed by atoms with Crippen LogP contribution in [0.1, 0.15) is 41.6 Å². The van der Waals surface area contributed by atoms with Gasteiger partial charge in [0, 0.05) is 10.9 Å². The van der Waals surface area contributed by atoms with E-state index in [2.05, 4.69) is 41.4 Å². The van der Waals surface area contributed by atoms with Crippen molar-refractivity contribution in [1.82, 2.24) is 15.2 Å². The summed E-state index contributed by atoms with van der Waals surface area (Å²) in [5.41, 5.74) is 10.1. The lowest BCUT2D eigenvalue weighted by atomic mass is 9.84. The van der Waals surface area contributed by atoms with E-state index < -0.39 is 0 Å². The number of fused-ring (bicyclic) bond motifs is 4. The van der Waals surface area contributed by atoms with E-state index in [0.717, 1.165) is 43.3 Å². The first kappa shape index (κ1) is 13.2. The molecule has 2 heterocycles. The summed E-state index contributed by atoms with van der Waals surface area (Å²) in [5.74, 6) is 0. The predicted molar refractivity (Wildman–Crippen MR) is 91.6 cm³/mol. The quantitative estimate of drug-likeness (QED) is 0.685. The standard InChI is InChI=1S/C20H19N3/c1-2-15-14-8-5-9-16-19(14)20(23-22-15)18-13-7-4-3-6-12(13)10-11-17(18)21-16/h3-4,6-7H,2,5,8-11H2,1H3. The van der Waals surface area contributed by atoms with Gasteiger partial charge in [0.05, 0.1) is 17.1 Å². The Balaban J connectivity index is 1.93. The van der Waals surface area contributed by atoms with E-state index in [1.165, 1.54) is 45.4 Å². The Bertz CT molecular complexity index is 943. The van der Waals surface area contributed by atoms with E-state index in [4.69, 9.17) is 4.98 Å². The van der Waals surface area contributed by atoms with Gasteiger partial charge in [0.2, 0.25) is 0 Å². The molecular formula is C20H19N3. The topological polar surface area (TPSA) is 38.7 Å². The minimum Gasteiger partial charge on any atom is -0.256 e. The summed E-state index contributed by atoms with van der Waals surface area (Å²) in [6.07, 6.45) is 6.42. The molecule has 0 saturated carbocycles. The Morgan fingerprint density at radius 3 is 2.78 bits per heavy atom. The zero-order valence-corrected chi connectivity index (χ0v) is 13.4. The van der Waals surface area contributed by atoms with Gasteiger partial charge in [-0.3, -0.25) is 4.98 Å². The zero-order valence-electron chi connectivity index (χ0n) is 13.4. The third-order valence-electron chi connectivity index (χ3n) is 5.33. The van der Waals surface area contributed by atoms with E-state index in [1.54, 1.807) is 0 Å². The van der Waals surface area contributed by atoms with Crippen molar-refractivity contribution < 1.29 is 0 Å². The monoisotopic (exact) mass is 301 g/mol.